The molecule has 1 aromatic rings. The fraction of sp³-hybridized carbons (Fsp3) is 0.684. The third kappa shape index (κ3) is 2.35. The fourth-order valence-electron chi connectivity index (χ4n) is 5.17. The Labute approximate surface area is 138 Å². The summed E-state index contributed by atoms with van der Waals surface area (Å²) in [6.45, 7) is 1.74. The highest BCUT2D eigenvalue weighted by atomic mass is 16.5. The van der Waals surface area contributed by atoms with E-state index in [9.17, 15) is 5.11 Å². The zero-order chi connectivity index (χ0) is 15.9. The predicted octanol–water partition coefficient (Wildman–Crippen LogP) is 2.73. The Morgan fingerprint density at radius 1 is 1.22 bits per heavy atom. The number of benzene rings is 1. The maximum atomic E-state index is 10.9. The Hall–Kier alpha value is -0.940. The van der Waals surface area contributed by atoms with E-state index in [1.165, 1.54) is 5.56 Å². The third-order valence-electron chi connectivity index (χ3n) is 6.23. The van der Waals surface area contributed by atoms with E-state index in [1.54, 1.807) is 7.11 Å². The van der Waals surface area contributed by atoms with Gasteiger partial charge in [0.25, 0.3) is 0 Å². The van der Waals surface area contributed by atoms with Crippen LogP contribution in [0.4, 0.5) is 0 Å². The summed E-state index contributed by atoms with van der Waals surface area (Å²) in [6.07, 6.45) is 4.76. The van der Waals surface area contributed by atoms with Crippen LogP contribution in [-0.2, 0) is 9.47 Å². The van der Waals surface area contributed by atoms with Crippen molar-refractivity contribution in [1.29, 1.82) is 0 Å². The van der Waals surface area contributed by atoms with Gasteiger partial charge in [0.2, 0.25) is 0 Å². The van der Waals surface area contributed by atoms with Crippen molar-refractivity contribution >= 4 is 0 Å². The van der Waals surface area contributed by atoms with E-state index in [0.717, 1.165) is 38.6 Å². The Morgan fingerprint density at radius 3 is 2.83 bits per heavy atom. The molecule has 1 N–H and O–H groups in total. The normalized spacial score (nSPS) is 41.1. The summed E-state index contributed by atoms with van der Waals surface area (Å²) in [5, 5.41) is 10.9. The molecular formula is C19H27NO3. The molecule has 1 aliphatic carbocycles. The van der Waals surface area contributed by atoms with E-state index < -0.39 is 0 Å². The van der Waals surface area contributed by atoms with Crippen molar-refractivity contribution in [1.82, 2.24) is 4.90 Å². The van der Waals surface area contributed by atoms with Crippen LogP contribution in [0.3, 0.4) is 0 Å². The molecule has 23 heavy (non-hydrogen) atoms. The zero-order valence-electron chi connectivity index (χ0n) is 13.9. The molecule has 126 valence electrons. The van der Waals surface area contributed by atoms with Gasteiger partial charge in [-0.05, 0) is 37.7 Å². The molecule has 0 unspecified atom stereocenters. The molecule has 0 aromatic heterocycles. The van der Waals surface area contributed by atoms with E-state index in [-0.39, 0.29) is 23.9 Å². The SMILES string of the molecule is CO[C@H]1CCC[C@@H](O)[C@]12CCCN1[C@H](c3ccccc3)CO[C@@H]12. The van der Waals surface area contributed by atoms with Crippen molar-refractivity contribution in [2.45, 2.75) is 56.6 Å². The molecule has 4 heteroatoms. The Kier molecular flexibility index (Phi) is 4.18. The van der Waals surface area contributed by atoms with E-state index >= 15 is 0 Å². The Balaban J connectivity index is 1.67. The lowest BCUT2D eigenvalue weighted by Gasteiger charge is -2.54. The number of aliphatic hydroxyl groups excluding tert-OH is 1. The van der Waals surface area contributed by atoms with Gasteiger partial charge in [-0.3, -0.25) is 4.90 Å². The second-order valence-corrected chi connectivity index (χ2v) is 7.24. The van der Waals surface area contributed by atoms with Gasteiger partial charge in [0.05, 0.1) is 30.3 Å². The monoisotopic (exact) mass is 317 g/mol. The number of piperidine rings is 1. The molecule has 1 spiro atoms. The average Bonchev–Trinajstić information content (AvgIpc) is 3.03. The van der Waals surface area contributed by atoms with Crippen LogP contribution in [-0.4, -0.2) is 48.7 Å². The first kappa shape index (κ1) is 15.6. The minimum Gasteiger partial charge on any atom is -0.392 e. The summed E-state index contributed by atoms with van der Waals surface area (Å²) in [4.78, 5) is 2.47. The number of methoxy groups -OCH3 is 1. The van der Waals surface area contributed by atoms with Crippen LogP contribution in [0.15, 0.2) is 30.3 Å². The van der Waals surface area contributed by atoms with E-state index in [1.807, 2.05) is 0 Å². The van der Waals surface area contributed by atoms with Crippen molar-refractivity contribution in [3.05, 3.63) is 35.9 Å². The highest BCUT2D eigenvalue weighted by Crippen LogP contribution is 2.53. The van der Waals surface area contributed by atoms with Crippen molar-refractivity contribution in [3.63, 3.8) is 0 Å². The maximum Gasteiger partial charge on any atom is 0.121 e. The topological polar surface area (TPSA) is 41.9 Å². The minimum absolute atomic E-state index is 0.0262. The molecule has 0 amide bonds. The summed E-state index contributed by atoms with van der Waals surface area (Å²) in [7, 11) is 1.78. The van der Waals surface area contributed by atoms with Crippen LogP contribution < -0.4 is 0 Å². The number of hydrogen-bond donors (Lipinski definition) is 1. The van der Waals surface area contributed by atoms with Crippen LogP contribution in [0.25, 0.3) is 0 Å². The summed E-state index contributed by atoms with van der Waals surface area (Å²) >= 11 is 0. The number of hydrogen-bond acceptors (Lipinski definition) is 4. The van der Waals surface area contributed by atoms with Gasteiger partial charge < -0.3 is 14.6 Å². The van der Waals surface area contributed by atoms with Gasteiger partial charge in [0.15, 0.2) is 0 Å². The molecule has 1 saturated carbocycles. The number of aliphatic hydroxyl groups is 1. The second kappa shape index (κ2) is 6.17. The van der Waals surface area contributed by atoms with Crippen LogP contribution in [0.1, 0.15) is 43.7 Å². The predicted molar refractivity (Wildman–Crippen MR) is 88.0 cm³/mol. The van der Waals surface area contributed by atoms with Crippen molar-refractivity contribution in [2.24, 2.45) is 5.41 Å². The average molecular weight is 317 g/mol. The number of ether oxygens (including phenoxy) is 2. The minimum atomic E-state index is -0.330. The molecular weight excluding hydrogens is 290 g/mol. The lowest BCUT2D eigenvalue weighted by molar-refractivity contribution is -0.221. The van der Waals surface area contributed by atoms with Gasteiger partial charge in [0, 0.05) is 13.7 Å². The van der Waals surface area contributed by atoms with Crippen LogP contribution in [0.5, 0.6) is 0 Å². The highest BCUT2D eigenvalue weighted by Gasteiger charge is 2.59. The molecule has 4 rings (SSSR count). The molecule has 5 atom stereocenters. The first-order valence-electron chi connectivity index (χ1n) is 8.90. The fourth-order valence-corrected chi connectivity index (χ4v) is 5.17. The van der Waals surface area contributed by atoms with Gasteiger partial charge in [-0.1, -0.05) is 30.3 Å². The molecule has 2 aliphatic heterocycles. The molecule has 4 nitrogen and oxygen atoms in total. The van der Waals surface area contributed by atoms with Gasteiger partial charge >= 0.3 is 0 Å². The quantitative estimate of drug-likeness (QED) is 0.911. The van der Waals surface area contributed by atoms with E-state index in [0.29, 0.717) is 12.6 Å². The Bertz CT molecular complexity index is 537. The number of fused-ring (bicyclic) bond motifs is 2. The van der Waals surface area contributed by atoms with Crippen molar-refractivity contribution in [2.75, 3.05) is 20.3 Å². The highest BCUT2D eigenvalue weighted by molar-refractivity contribution is 5.21. The van der Waals surface area contributed by atoms with Gasteiger partial charge in [0.1, 0.15) is 6.23 Å². The second-order valence-electron chi connectivity index (χ2n) is 7.24. The third-order valence-corrected chi connectivity index (χ3v) is 6.23. The number of rotatable bonds is 2. The summed E-state index contributed by atoms with van der Waals surface area (Å²) in [5.41, 5.74) is 1.04. The standard InChI is InChI=1S/C19H27NO3/c1-22-17-10-5-9-16(21)19(17)11-6-12-20-15(13-23-18(19)20)14-7-3-2-4-8-14/h2-4,7-8,15-18,21H,5-6,9-13H2,1H3/t15-,16+,17-,18+,19+/m0/s1. The molecule has 3 aliphatic rings. The number of nitrogens with zero attached hydrogens (tertiary/aromatic N) is 1. The van der Waals surface area contributed by atoms with Crippen LogP contribution in [0.2, 0.25) is 0 Å². The lowest BCUT2D eigenvalue weighted by atomic mass is 9.63. The first-order valence-corrected chi connectivity index (χ1v) is 8.90. The molecule has 3 fully saturated rings. The molecule has 2 saturated heterocycles. The summed E-state index contributed by atoms with van der Waals surface area (Å²) in [6, 6.07) is 10.9. The van der Waals surface area contributed by atoms with E-state index in [4.69, 9.17) is 9.47 Å². The van der Waals surface area contributed by atoms with Crippen LogP contribution >= 0.6 is 0 Å². The largest absolute Gasteiger partial charge is 0.392 e. The van der Waals surface area contributed by atoms with Gasteiger partial charge in [-0.25, -0.2) is 0 Å². The van der Waals surface area contributed by atoms with Gasteiger partial charge in [-0.2, -0.15) is 0 Å². The molecule has 0 bridgehead atoms. The maximum absolute atomic E-state index is 10.9. The summed E-state index contributed by atoms with van der Waals surface area (Å²) in [5.74, 6) is 0. The van der Waals surface area contributed by atoms with Gasteiger partial charge in [-0.15, -0.1) is 0 Å². The van der Waals surface area contributed by atoms with Crippen molar-refractivity contribution < 1.29 is 14.6 Å². The summed E-state index contributed by atoms with van der Waals surface area (Å²) < 4.78 is 12.1. The van der Waals surface area contributed by atoms with Crippen LogP contribution in [0, 0.1) is 5.41 Å². The first-order chi connectivity index (χ1) is 11.3. The zero-order valence-corrected chi connectivity index (χ0v) is 13.9. The Morgan fingerprint density at radius 2 is 2.04 bits per heavy atom. The smallest absolute Gasteiger partial charge is 0.121 e. The molecule has 2 heterocycles. The lowest BCUT2D eigenvalue weighted by Crippen LogP contribution is -2.63. The van der Waals surface area contributed by atoms with Crippen molar-refractivity contribution in [3.8, 4) is 0 Å². The molecule has 0 radical (unpaired) electrons. The van der Waals surface area contributed by atoms with E-state index in [2.05, 4.69) is 35.2 Å². The molecule has 1 aromatic carbocycles.